The highest BCUT2D eigenvalue weighted by Gasteiger charge is 2.22. The van der Waals surface area contributed by atoms with Gasteiger partial charge < -0.3 is 5.73 Å². The van der Waals surface area contributed by atoms with Crippen molar-refractivity contribution < 1.29 is 8.42 Å². The molecule has 0 aliphatic carbocycles. The monoisotopic (exact) mass is 295 g/mol. The molecule has 7 nitrogen and oxygen atoms in total. The van der Waals surface area contributed by atoms with Crippen LogP contribution in [0.5, 0.6) is 0 Å². The molecule has 0 saturated heterocycles. The van der Waals surface area contributed by atoms with Crippen LogP contribution in [0.4, 0.5) is 0 Å². The molecule has 0 saturated carbocycles. The fraction of sp³-hybridized carbons (Fsp3) is 0.333. The van der Waals surface area contributed by atoms with Crippen molar-refractivity contribution in [2.24, 2.45) is 5.73 Å². The lowest BCUT2D eigenvalue weighted by Crippen LogP contribution is -2.27. The third-order valence-corrected chi connectivity index (χ3v) is 4.38. The first-order chi connectivity index (χ1) is 9.54. The van der Waals surface area contributed by atoms with E-state index in [9.17, 15) is 8.42 Å². The van der Waals surface area contributed by atoms with Crippen LogP contribution in [0.15, 0.2) is 29.6 Å². The van der Waals surface area contributed by atoms with Gasteiger partial charge in [0, 0.05) is 36.7 Å². The van der Waals surface area contributed by atoms with Gasteiger partial charge in [-0.05, 0) is 31.0 Å². The van der Waals surface area contributed by atoms with E-state index < -0.39 is 10.0 Å². The molecule has 0 unspecified atom stereocenters. The average Bonchev–Trinajstić information content (AvgIpc) is 2.81. The lowest BCUT2D eigenvalue weighted by atomic mass is 10.2. The van der Waals surface area contributed by atoms with Gasteiger partial charge in [0.05, 0.1) is 0 Å². The molecule has 2 rings (SSSR count). The first-order valence-electron chi connectivity index (χ1n) is 6.17. The van der Waals surface area contributed by atoms with E-state index in [0.29, 0.717) is 24.2 Å². The number of pyridine rings is 1. The Morgan fingerprint density at radius 3 is 2.70 bits per heavy atom. The van der Waals surface area contributed by atoms with Crippen molar-refractivity contribution in [3.63, 3.8) is 0 Å². The first-order valence-corrected chi connectivity index (χ1v) is 7.65. The zero-order valence-electron chi connectivity index (χ0n) is 11.1. The molecule has 0 radical (unpaired) electrons. The van der Waals surface area contributed by atoms with Crippen molar-refractivity contribution in [3.05, 3.63) is 41.3 Å². The number of hydrogen-bond donors (Lipinski definition) is 3. The number of H-pyrrole nitrogens is 1. The maximum Gasteiger partial charge on any atom is 0.260 e. The Hall–Kier alpha value is -1.77. The molecule has 2 heterocycles. The lowest BCUT2D eigenvalue weighted by molar-refractivity contribution is 0.576. The number of nitrogens with one attached hydrogen (secondary N) is 2. The molecule has 0 fully saturated rings. The largest absolute Gasteiger partial charge is 0.326 e. The topological polar surface area (TPSA) is 114 Å². The summed E-state index contributed by atoms with van der Waals surface area (Å²) in [5.74, 6) is 0. The molecule has 0 bridgehead atoms. The van der Waals surface area contributed by atoms with Crippen LogP contribution in [0.1, 0.15) is 16.8 Å². The minimum absolute atomic E-state index is 0.0211. The Kier molecular flexibility index (Phi) is 4.48. The van der Waals surface area contributed by atoms with Gasteiger partial charge in [0.15, 0.2) is 5.03 Å². The molecule has 0 amide bonds. The Bertz CT molecular complexity index is 666. The van der Waals surface area contributed by atoms with Gasteiger partial charge in [-0.2, -0.15) is 5.10 Å². The molecule has 0 aliphatic heterocycles. The Labute approximate surface area is 117 Å². The lowest BCUT2D eigenvalue weighted by Gasteiger charge is -2.06. The third kappa shape index (κ3) is 3.21. The summed E-state index contributed by atoms with van der Waals surface area (Å²) in [6.45, 7) is 2.16. The number of aromatic amines is 1. The predicted octanol–water partition coefficient (Wildman–Crippen LogP) is 0.0928. The van der Waals surface area contributed by atoms with Crippen LogP contribution in [0.25, 0.3) is 0 Å². The number of nitrogens with zero attached hydrogens (tertiary/aromatic N) is 2. The highest BCUT2D eigenvalue weighted by Crippen LogP contribution is 2.15. The molecule has 2 aromatic heterocycles. The van der Waals surface area contributed by atoms with E-state index in [1.165, 1.54) is 0 Å². The molecule has 0 atom stereocenters. The second-order valence-electron chi connectivity index (χ2n) is 4.34. The average molecular weight is 295 g/mol. The van der Waals surface area contributed by atoms with Gasteiger partial charge in [-0.1, -0.05) is 0 Å². The van der Waals surface area contributed by atoms with Gasteiger partial charge in [-0.15, -0.1) is 0 Å². The summed E-state index contributed by atoms with van der Waals surface area (Å²) >= 11 is 0. The van der Waals surface area contributed by atoms with Crippen molar-refractivity contribution in [2.45, 2.75) is 24.9 Å². The second kappa shape index (κ2) is 6.12. The van der Waals surface area contributed by atoms with E-state index in [1.54, 1.807) is 19.3 Å². The van der Waals surface area contributed by atoms with Gasteiger partial charge in [-0.25, -0.2) is 13.1 Å². The van der Waals surface area contributed by atoms with E-state index >= 15 is 0 Å². The summed E-state index contributed by atoms with van der Waals surface area (Å²) in [6, 6.07) is 3.69. The van der Waals surface area contributed by atoms with Crippen molar-refractivity contribution in [3.8, 4) is 0 Å². The Balaban J connectivity index is 2.04. The molecule has 4 N–H and O–H groups in total. The van der Waals surface area contributed by atoms with Crippen LogP contribution in [0.3, 0.4) is 0 Å². The van der Waals surface area contributed by atoms with Gasteiger partial charge in [0.1, 0.15) is 0 Å². The summed E-state index contributed by atoms with van der Waals surface area (Å²) in [6.07, 6.45) is 3.93. The number of sulfonamides is 1. The third-order valence-electron chi connectivity index (χ3n) is 2.95. The zero-order valence-corrected chi connectivity index (χ0v) is 11.9. The molecule has 8 heteroatoms. The maximum absolute atomic E-state index is 12.2. The first kappa shape index (κ1) is 14.6. The normalized spacial score (nSPS) is 11.7. The van der Waals surface area contributed by atoms with Crippen LogP contribution in [0.2, 0.25) is 0 Å². The minimum Gasteiger partial charge on any atom is -0.326 e. The standard InChI is InChI=1S/C12H17N5O2S/c1-9-11(8-13)12(17-16-9)20(18,19)15-7-4-10-2-5-14-6-3-10/h2-3,5-6,15H,4,7-8,13H2,1H3,(H,16,17). The summed E-state index contributed by atoms with van der Waals surface area (Å²) in [5, 5.41) is 6.44. The fourth-order valence-corrected chi connectivity index (χ4v) is 3.07. The molecule has 2 aromatic rings. The van der Waals surface area contributed by atoms with Gasteiger partial charge in [0.25, 0.3) is 10.0 Å². The summed E-state index contributed by atoms with van der Waals surface area (Å²) in [7, 11) is -3.64. The van der Waals surface area contributed by atoms with Crippen molar-refractivity contribution in [2.75, 3.05) is 6.54 Å². The maximum atomic E-state index is 12.2. The van der Waals surface area contributed by atoms with Gasteiger partial charge >= 0.3 is 0 Å². The summed E-state index contributed by atoms with van der Waals surface area (Å²) in [5.41, 5.74) is 7.75. The smallest absolute Gasteiger partial charge is 0.260 e. The molecule has 0 spiro atoms. The fourth-order valence-electron chi connectivity index (χ4n) is 1.84. The van der Waals surface area contributed by atoms with E-state index in [1.807, 2.05) is 12.1 Å². The highest BCUT2D eigenvalue weighted by molar-refractivity contribution is 7.89. The second-order valence-corrected chi connectivity index (χ2v) is 6.02. The Morgan fingerprint density at radius 2 is 2.05 bits per heavy atom. The molecular formula is C12H17N5O2S. The quantitative estimate of drug-likeness (QED) is 0.699. The highest BCUT2D eigenvalue weighted by atomic mass is 32.2. The van der Waals surface area contributed by atoms with E-state index in [0.717, 1.165) is 5.56 Å². The number of aromatic nitrogens is 3. The van der Waals surface area contributed by atoms with Crippen molar-refractivity contribution in [1.29, 1.82) is 0 Å². The summed E-state index contributed by atoms with van der Waals surface area (Å²) < 4.78 is 26.8. The van der Waals surface area contributed by atoms with Crippen LogP contribution < -0.4 is 10.5 Å². The SMILES string of the molecule is Cc1[nH]nc(S(=O)(=O)NCCc2ccncc2)c1CN. The van der Waals surface area contributed by atoms with E-state index in [-0.39, 0.29) is 11.6 Å². The van der Waals surface area contributed by atoms with E-state index in [4.69, 9.17) is 5.73 Å². The molecule has 0 aliphatic rings. The molecule has 0 aromatic carbocycles. The number of hydrogen-bond acceptors (Lipinski definition) is 5. The molecule has 20 heavy (non-hydrogen) atoms. The van der Waals surface area contributed by atoms with E-state index in [2.05, 4.69) is 19.9 Å². The number of nitrogens with two attached hydrogens (primary N) is 1. The zero-order chi connectivity index (χ0) is 14.6. The number of aryl methyl sites for hydroxylation is 1. The molecular weight excluding hydrogens is 278 g/mol. The predicted molar refractivity (Wildman–Crippen MR) is 74.3 cm³/mol. The van der Waals surface area contributed by atoms with Crippen LogP contribution in [-0.4, -0.2) is 30.1 Å². The number of rotatable bonds is 6. The minimum atomic E-state index is -3.64. The van der Waals surface area contributed by atoms with Crippen LogP contribution in [-0.2, 0) is 23.0 Å². The van der Waals surface area contributed by atoms with Crippen LogP contribution in [0, 0.1) is 6.92 Å². The van der Waals surface area contributed by atoms with Gasteiger partial charge in [-0.3, -0.25) is 10.1 Å². The summed E-state index contributed by atoms with van der Waals surface area (Å²) in [4.78, 5) is 3.91. The van der Waals surface area contributed by atoms with Crippen molar-refractivity contribution >= 4 is 10.0 Å². The van der Waals surface area contributed by atoms with Gasteiger partial charge in [0.2, 0.25) is 0 Å². The Morgan fingerprint density at radius 1 is 1.35 bits per heavy atom. The van der Waals surface area contributed by atoms with Crippen molar-refractivity contribution in [1.82, 2.24) is 19.9 Å². The van der Waals surface area contributed by atoms with Crippen LogP contribution >= 0.6 is 0 Å². The molecule has 108 valence electrons.